The molecule has 0 radical (unpaired) electrons. The van der Waals surface area contributed by atoms with E-state index in [9.17, 15) is 0 Å². The van der Waals surface area contributed by atoms with Crippen LogP contribution in [-0.2, 0) is 0 Å². The van der Waals surface area contributed by atoms with Crippen molar-refractivity contribution in [3.8, 4) is 33.4 Å². The van der Waals surface area contributed by atoms with Crippen LogP contribution in [0, 0.1) is 5.92 Å². The maximum Gasteiger partial charge on any atom is 0.0585 e. The first kappa shape index (κ1) is 31.1. The van der Waals surface area contributed by atoms with E-state index in [4.69, 9.17) is 0 Å². The lowest BCUT2D eigenvalue weighted by molar-refractivity contribution is 0.611. The van der Waals surface area contributed by atoms with Crippen molar-refractivity contribution in [2.45, 2.75) is 13.0 Å². The summed E-state index contributed by atoms with van der Waals surface area (Å²) in [5.41, 5.74) is 12.4. The van der Waals surface area contributed by atoms with Crippen LogP contribution in [0.5, 0.6) is 0 Å². The third-order valence-electron chi connectivity index (χ3n) is 10.2. The lowest BCUT2D eigenvalue weighted by Crippen LogP contribution is -2.35. The van der Waals surface area contributed by atoms with Crippen molar-refractivity contribution in [3.63, 3.8) is 0 Å². The van der Waals surface area contributed by atoms with Crippen LogP contribution < -0.4 is 4.90 Å². The number of hydrogen-bond donors (Lipinski definition) is 0. The maximum atomic E-state index is 2.50. The van der Waals surface area contributed by atoms with Crippen LogP contribution in [0.2, 0.25) is 0 Å². The molecule has 9 rings (SSSR count). The minimum absolute atomic E-state index is 0.144. The van der Waals surface area contributed by atoms with Crippen molar-refractivity contribution in [1.29, 1.82) is 0 Å². The molecule has 51 heavy (non-hydrogen) atoms. The Morgan fingerprint density at radius 3 is 1.39 bits per heavy atom. The van der Waals surface area contributed by atoms with Crippen LogP contribution in [0.3, 0.4) is 0 Å². The van der Waals surface area contributed by atoms with Crippen LogP contribution in [0.1, 0.15) is 12.5 Å². The quantitative estimate of drug-likeness (QED) is 0.163. The highest BCUT2D eigenvalue weighted by atomic mass is 32.1. The van der Waals surface area contributed by atoms with E-state index in [0.29, 0.717) is 0 Å². The number of nitrogens with zero attached hydrogens (tertiary/aromatic N) is 1. The van der Waals surface area contributed by atoms with Gasteiger partial charge in [-0.1, -0.05) is 177 Å². The number of rotatable bonds is 7. The summed E-state index contributed by atoms with van der Waals surface area (Å²) in [7, 11) is 0. The average molecular weight is 672 g/mol. The van der Waals surface area contributed by atoms with Gasteiger partial charge in [0.05, 0.1) is 6.04 Å². The van der Waals surface area contributed by atoms with Gasteiger partial charge in [-0.05, 0) is 74.7 Å². The van der Waals surface area contributed by atoms with E-state index in [0.717, 1.165) is 0 Å². The highest BCUT2D eigenvalue weighted by molar-refractivity contribution is 7.26. The first-order valence-electron chi connectivity index (χ1n) is 17.7. The van der Waals surface area contributed by atoms with Crippen molar-refractivity contribution >= 4 is 48.5 Å². The van der Waals surface area contributed by atoms with E-state index in [1.807, 2.05) is 11.3 Å². The molecule has 0 N–H and O–H groups in total. The Hall–Kier alpha value is -5.96. The third-order valence-corrected chi connectivity index (χ3v) is 11.5. The van der Waals surface area contributed by atoms with Gasteiger partial charge in [0.25, 0.3) is 0 Å². The fourth-order valence-electron chi connectivity index (χ4n) is 7.59. The Morgan fingerprint density at radius 1 is 0.431 bits per heavy atom. The molecular formula is C49H37NS. The SMILES string of the molecule is CC1C=C(c2cccc3c2sc2c(-c4ccccc4)cccc23)C=CC1N(c1ccc(-c2ccccc2)cc1)c1ccc(-c2ccccc2)cc1. The maximum absolute atomic E-state index is 2.50. The van der Waals surface area contributed by atoms with Crippen LogP contribution in [-0.4, -0.2) is 6.04 Å². The minimum atomic E-state index is 0.144. The van der Waals surface area contributed by atoms with Gasteiger partial charge in [0.2, 0.25) is 0 Å². The lowest BCUT2D eigenvalue weighted by Gasteiger charge is -2.37. The molecule has 1 nitrogen and oxygen atoms in total. The zero-order valence-electron chi connectivity index (χ0n) is 28.5. The molecule has 0 fully saturated rings. The summed E-state index contributed by atoms with van der Waals surface area (Å²) in [4.78, 5) is 2.50. The van der Waals surface area contributed by atoms with E-state index < -0.39 is 0 Å². The second-order valence-corrected chi connectivity index (χ2v) is 14.4. The largest absolute Gasteiger partial charge is 0.334 e. The van der Waals surface area contributed by atoms with Crippen molar-refractivity contribution in [2.75, 3.05) is 4.90 Å². The smallest absolute Gasteiger partial charge is 0.0585 e. The second kappa shape index (κ2) is 13.4. The molecule has 8 aromatic rings. The van der Waals surface area contributed by atoms with Gasteiger partial charge in [0.1, 0.15) is 0 Å². The number of thiophene rings is 1. The van der Waals surface area contributed by atoms with E-state index in [1.54, 1.807) is 0 Å². The molecule has 2 heteroatoms. The molecule has 2 unspecified atom stereocenters. The predicted octanol–water partition coefficient (Wildman–Crippen LogP) is 13.9. The van der Waals surface area contributed by atoms with Crippen molar-refractivity contribution < 1.29 is 0 Å². The molecule has 0 aliphatic heterocycles. The lowest BCUT2D eigenvalue weighted by atomic mass is 9.87. The molecule has 0 amide bonds. The summed E-state index contributed by atoms with van der Waals surface area (Å²) < 4.78 is 2.70. The first-order chi connectivity index (χ1) is 25.2. The monoisotopic (exact) mass is 671 g/mol. The van der Waals surface area contributed by atoms with E-state index in [1.165, 1.54) is 76.1 Å². The number of hydrogen-bond acceptors (Lipinski definition) is 2. The zero-order chi connectivity index (χ0) is 34.1. The predicted molar refractivity (Wildman–Crippen MR) is 221 cm³/mol. The number of fused-ring (bicyclic) bond motifs is 3. The molecule has 1 aliphatic carbocycles. The Balaban J connectivity index is 1.09. The number of benzene rings is 7. The zero-order valence-corrected chi connectivity index (χ0v) is 29.3. The van der Waals surface area contributed by atoms with Crippen molar-refractivity contribution in [3.05, 3.63) is 200 Å². The Bertz CT molecular complexity index is 2430. The van der Waals surface area contributed by atoms with Gasteiger partial charge in [-0.2, -0.15) is 0 Å². The molecule has 1 heterocycles. The van der Waals surface area contributed by atoms with E-state index in [-0.39, 0.29) is 12.0 Å². The minimum Gasteiger partial charge on any atom is -0.334 e. The molecule has 0 spiro atoms. The Kier molecular flexibility index (Phi) is 8.16. The summed E-state index contributed by atoms with van der Waals surface area (Å²) in [5.74, 6) is 0.261. The fourth-order valence-corrected chi connectivity index (χ4v) is 8.96. The molecule has 0 saturated carbocycles. The normalized spacial score (nSPS) is 15.6. The summed E-state index contributed by atoms with van der Waals surface area (Å²) in [6.45, 7) is 2.36. The van der Waals surface area contributed by atoms with Gasteiger partial charge in [-0.3, -0.25) is 0 Å². The van der Waals surface area contributed by atoms with Crippen molar-refractivity contribution in [2.24, 2.45) is 5.92 Å². The molecule has 2 atom stereocenters. The number of anilines is 2. The third kappa shape index (κ3) is 5.88. The van der Waals surface area contributed by atoms with Crippen molar-refractivity contribution in [1.82, 2.24) is 0 Å². The highest BCUT2D eigenvalue weighted by Crippen LogP contribution is 2.44. The number of allylic oxidation sites excluding steroid dienone is 2. The molecule has 7 aromatic carbocycles. The Labute approximate surface area is 304 Å². The van der Waals surface area contributed by atoms with Gasteiger partial charge < -0.3 is 4.90 Å². The van der Waals surface area contributed by atoms with Crippen LogP contribution in [0.4, 0.5) is 11.4 Å². The molecular weight excluding hydrogens is 635 g/mol. The molecule has 0 bridgehead atoms. The first-order valence-corrected chi connectivity index (χ1v) is 18.5. The van der Waals surface area contributed by atoms with Gasteiger partial charge >= 0.3 is 0 Å². The standard InChI is InChI=1S/C49H37NS/c1-34-33-40(44-20-12-22-46-45-21-11-19-43(48(45)51-49(44)46)39-17-9-4-10-18-39)27-32-47(34)50(41-28-23-37(24-29-41)35-13-5-2-6-14-35)42-30-25-38(26-31-42)36-15-7-3-8-16-36/h2-34,47H,1H3. The summed E-state index contributed by atoms with van der Waals surface area (Å²) in [6.07, 6.45) is 7.25. The highest BCUT2D eigenvalue weighted by Gasteiger charge is 2.27. The van der Waals surface area contributed by atoms with Gasteiger partial charge in [-0.15, -0.1) is 11.3 Å². The van der Waals surface area contributed by atoms with E-state index >= 15 is 0 Å². The van der Waals surface area contributed by atoms with Gasteiger partial charge in [0.15, 0.2) is 0 Å². The van der Waals surface area contributed by atoms with Gasteiger partial charge in [-0.25, -0.2) is 0 Å². The summed E-state index contributed by atoms with van der Waals surface area (Å²) in [6, 6.07) is 63.8. The van der Waals surface area contributed by atoms with Gasteiger partial charge in [0, 0.05) is 31.5 Å². The van der Waals surface area contributed by atoms with Crippen LogP contribution in [0.25, 0.3) is 59.1 Å². The molecule has 1 aliphatic rings. The van der Waals surface area contributed by atoms with Crippen LogP contribution in [0.15, 0.2) is 194 Å². The summed E-state index contributed by atoms with van der Waals surface area (Å²) >= 11 is 1.92. The fraction of sp³-hybridized carbons (Fsp3) is 0.0612. The molecule has 244 valence electrons. The summed E-state index contributed by atoms with van der Waals surface area (Å²) in [5, 5.41) is 2.65. The molecule has 0 saturated heterocycles. The van der Waals surface area contributed by atoms with Crippen LogP contribution >= 0.6 is 11.3 Å². The Morgan fingerprint density at radius 2 is 0.882 bits per heavy atom. The molecule has 1 aromatic heterocycles. The second-order valence-electron chi connectivity index (χ2n) is 13.4. The topological polar surface area (TPSA) is 3.24 Å². The van der Waals surface area contributed by atoms with E-state index in [2.05, 4.69) is 206 Å². The average Bonchev–Trinajstić information content (AvgIpc) is 3.59.